The average molecular weight is 276 g/mol. The van der Waals surface area contributed by atoms with Crippen molar-refractivity contribution in [2.24, 2.45) is 5.92 Å². The number of carbonyl (C=O) groups excluding carboxylic acids is 2. The summed E-state index contributed by atoms with van der Waals surface area (Å²) in [5.41, 5.74) is 0.908. The van der Waals surface area contributed by atoms with Crippen LogP contribution in [0.3, 0.4) is 0 Å². The summed E-state index contributed by atoms with van der Waals surface area (Å²) < 4.78 is 10.3. The highest BCUT2D eigenvalue weighted by atomic mass is 16.5. The summed E-state index contributed by atoms with van der Waals surface area (Å²) >= 11 is 0. The van der Waals surface area contributed by atoms with E-state index in [1.165, 1.54) is 6.92 Å². The molecule has 0 heterocycles. The molecule has 0 saturated carbocycles. The Morgan fingerprint density at radius 3 is 2.25 bits per heavy atom. The summed E-state index contributed by atoms with van der Waals surface area (Å²) in [5, 5.41) is 0. The quantitative estimate of drug-likeness (QED) is 0.455. The van der Waals surface area contributed by atoms with Crippen molar-refractivity contribution >= 4 is 17.8 Å². The maximum absolute atomic E-state index is 11.6. The van der Waals surface area contributed by atoms with Crippen molar-refractivity contribution in [3.63, 3.8) is 0 Å². The van der Waals surface area contributed by atoms with Gasteiger partial charge in [0.15, 0.2) is 0 Å². The summed E-state index contributed by atoms with van der Waals surface area (Å²) in [7, 11) is 1.61. The van der Waals surface area contributed by atoms with Crippen molar-refractivity contribution in [3.8, 4) is 5.75 Å². The fraction of sp³-hybridized carbons (Fsp3) is 0.375. The number of esters is 1. The van der Waals surface area contributed by atoms with Crippen LogP contribution in [-0.4, -0.2) is 18.9 Å². The number of benzene rings is 1. The third kappa shape index (κ3) is 5.26. The molecule has 0 spiro atoms. The number of methoxy groups -OCH3 is 1. The van der Waals surface area contributed by atoms with Gasteiger partial charge in [-0.1, -0.05) is 26.0 Å². The van der Waals surface area contributed by atoms with Gasteiger partial charge in [0.1, 0.15) is 23.7 Å². The topological polar surface area (TPSA) is 52.6 Å². The van der Waals surface area contributed by atoms with Crippen LogP contribution in [-0.2, 0) is 14.3 Å². The standard InChI is InChI=1S/C16H20O4/c1-11(2)15(20-16(18)9-12(3)17)10-13-5-7-14(19-4)8-6-13/h5-8,10-11H,9H2,1-4H3/b15-10+. The molecule has 0 bridgehead atoms. The van der Waals surface area contributed by atoms with Gasteiger partial charge in [0.25, 0.3) is 0 Å². The van der Waals surface area contributed by atoms with Crippen LogP contribution >= 0.6 is 0 Å². The van der Waals surface area contributed by atoms with E-state index < -0.39 is 5.97 Å². The van der Waals surface area contributed by atoms with Crippen molar-refractivity contribution in [2.75, 3.05) is 7.11 Å². The largest absolute Gasteiger partial charge is 0.497 e. The molecule has 0 N–H and O–H groups in total. The Labute approximate surface area is 119 Å². The molecule has 20 heavy (non-hydrogen) atoms. The molecule has 1 aromatic carbocycles. The lowest BCUT2D eigenvalue weighted by Crippen LogP contribution is -2.11. The van der Waals surface area contributed by atoms with Crippen LogP contribution in [0, 0.1) is 5.92 Å². The summed E-state index contributed by atoms with van der Waals surface area (Å²) in [6.07, 6.45) is 1.59. The van der Waals surface area contributed by atoms with Gasteiger partial charge in [-0.15, -0.1) is 0 Å². The molecule has 108 valence electrons. The maximum Gasteiger partial charge on any atom is 0.318 e. The van der Waals surface area contributed by atoms with Crippen molar-refractivity contribution < 1.29 is 19.1 Å². The minimum Gasteiger partial charge on any atom is -0.497 e. The molecule has 0 saturated heterocycles. The van der Waals surface area contributed by atoms with Gasteiger partial charge in [-0.25, -0.2) is 0 Å². The number of allylic oxidation sites excluding steroid dienone is 1. The number of hydrogen-bond donors (Lipinski definition) is 0. The Bertz CT molecular complexity index is 498. The average Bonchev–Trinajstić information content (AvgIpc) is 2.37. The lowest BCUT2D eigenvalue weighted by atomic mass is 10.1. The van der Waals surface area contributed by atoms with Crippen molar-refractivity contribution in [1.82, 2.24) is 0 Å². The minimum atomic E-state index is -0.522. The van der Waals surface area contributed by atoms with Crippen molar-refractivity contribution in [3.05, 3.63) is 35.6 Å². The van der Waals surface area contributed by atoms with E-state index in [9.17, 15) is 9.59 Å². The number of ketones is 1. The predicted molar refractivity (Wildman–Crippen MR) is 77.2 cm³/mol. The molecular formula is C16H20O4. The first-order valence-corrected chi connectivity index (χ1v) is 6.48. The van der Waals surface area contributed by atoms with Crippen LogP contribution in [0.2, 0.25) is 0 Å². The first-order chi connectivity index (χ1) is 9.42. The van der Waals surface area contributed by atoms with Gasteiger partial charge < -0.3 is 9.47 Å². The Morgan fingerprint density at radius 1 is 1.20 bits per heavy atom. The first-order valence-electron chi connectivity index (χ1n) is 6.48. The SMILES string of the molecule is COc1ccc(/C=C(/OC(=O)CC(C)=O)C(C)C)cc1. The molecule has 0 aliphatic carbocycles. The molecule has 0 fully saturated rings. The van der Waals surface area contributed by atoms with E-state index in [0.717, 1.165) is 11.3 Å². The second-order valence-corrected chi connectivity index (χ2v) is 4.83. The van der Waals surface area contributed by atoms with Crippen LogP contribution in [0.15, 0.2) is 30.0 Å². The molecule has 0 aliphatic heterocycles. The van der Waals surface area contributed by atoms with Gasteiger partial charge in [0, 0.05) is 5.92 Å². The fourth-order valence-electron chi connectivity index (χ4n) is 1.55. The van der Waals surface area contributed by atoms with E-state index >= 15 is 0 Å². The van der Waals surface area contributed by atoms with Crippen LogP contribution in [0.1, 0.15) is 32.8 Å². The lowest BCUT2D eigenvalue weighted by molar-refractivity contribution is -0.142. The number of carbonyl (C=O) groups is 2. The number of ether oxygens (including phenoxy) is 2. The first kappa shape index (κ1) is 16.0. The maximum atomic E-state index is 11.6. The zero-order valence-electron chi connectivity index (χ0n) is 12.3. The van der Waals surface area contributed by atoms with E-state index in [0.29, 0.717) is 5.76 Å². The van der Waals surface area contributed by atoms with E-state index in [1.54, 1.807) is 13.2 Å². The summed E-state index contributed by atoms with van der Waals surface area (Å²) in [6, 6.07) is 7.42. The number of rotatable bonds is 6. The summed E-state index contributed by atoms with van der Waals surface area (Å²) in [6.45, 7) is 5.22. The second kappa shape index (κ2) is 7.48. The summed E-state index contributed by atoms with van der Waals surface area (Å²) in [4.78, 5) is 22.5. The third-order valence-corrected chi connectivity index (χ3v) is 2.62. The highest BCUT2D eigenvalue weighted by Crippen LogP contribution is 2.19. The van der Waals surface area contributed by atoms with Crippen molar-refractivity contribution in [1.29, 1.82) is 0 Å². The molecule has 0 amide bonds. The molecule has 0 atom stereocenters. The monoisotopic (exact) mass is 276 g/mol. The van der Waals surface area contributed by atoms with E-state index in [2.05, 4.69) is 0 Å². The third-order valence-electron chi connectivity index (χ3n) is 2.62. The van der Waals surface area contributed by atoms with Crippen LogP contribution in [0.5, 0.6) is 5.75 Å². The van der Waals surface area contributed by atoms with Gasteiger partial charge in [-0.05, 0) is 30.7 Å². The van der Waals surface area contributed by atoms with Gasteiger partial charge in [0.05, 0.1) is 7.11 Å². The Kier molecular flexibility index (Phi) is 5.97. The molecule has 0 aliphatic rings. The van der Waals surface area contributed by atoms with Gasteiger partial charge in [-0.3, -0.25) is 9.59 Å². The van der Waals surface area contributed by atoms with Crippen LogP contribution < -0.4 is 4.74 Å². The summed E-state index contributed by atoms with van der Waals surface area (Å²) in [5.74, 6) is 0.629. The van der Waals surface area contributed by atoms with E-state index in [-0.39, 0.29) is 18.1 Å². The van der Waals surface area contributed by atoms with Crippen molar-refractivity contribution in [2.45, 2.75) is 27.2 Å². The normalized spacial score (nSPS) is 11.3. The molecule has 0 aromatic heterocycles. The molecule has 0 radical (unpaired) electrons. The minimum absolute atomic E-state index is 0.0491. The smallest absolute Gasteiger partial charge is 0.318 e. The predicted octanol–water partition coefficient (Wildman–Crippen LogP) is 3.21. The zero-order valence-corrected chi connectivity index (χ0v) is 12.3. The fourth-order valence-corrected chi connectivity index (χ4v) is 1.55. The Hall–Kier alpha value is -2.10. The highest BCUT2D eigenvalue weighted by Gasteiger charge is 2.12. The van der Waals surface area contributed by atoms with E-state index in [1.807, 2.05) is 38.1 Å². The van der Waals surface area contributed by atoms with Crippen LogP contribution in [0.25, 0.3) is 6.08 Å². The van der Waals surface area contributed by atoms with Gasteiger partial charge in [-0.2, -0.15) is 0 Å². The molecule has 0 unspecified atom stereocenters. The zero-order chi connectivity index (χ0) is 15.1. The van der Waals surface area contributed by atoms with E-state index in [4.69, 9.17) is 9.47 Å². The Morgan fingerprint density at radius 2 is 1.80 bits per heavy atom. The van der Waals surface area contributed by atoms with Crippen LogP contribution in [0.4, 0.5) is 0 Å². The molecule has 1 aromatic rings. The number of hydrogen-bond acceptors (Lipinski definition) is 4. The second-order valence-electron chi connectivity index (χ2n) is 4.83. The molecular weight excluding hydrogens is 256 g/mol. The lowest BCUT2D eigenvalue weighted by Gasteiger charge is -2.12. The van der Waals surface area contributed by atoms with Gasteiger partial charge in [0.2, 0.25) is 0 Å². The highest BCUT2D eigenvalue weighted by molar-refractivity contribution is 5.94. The number of Topliss-reactive ketones (excluding diaryl/α,β-unsaturated/α-hetero) is 1. The molecule has 4 heteroatoms. The molecule has 4 nitrogen and oxygen atoms in total. The van der Waals surface area contributed by atoms with Gasteiger partial charge >= 0.3 is 5.97 Å². The molecule has 1 rings (SSSR count). The Balaban J connectivity index is 2.86.